The molecule has 1 heterocycles. The molecule has 2 aromatic rings. The molecule has 0 bridgehead atoms. The second kappa shape index (κ2) is 8.88. The van der Waals surface area contributed by atoms with Crippen molar-refractivity contribution < 1.29 is 4.79 Å². The number of benzene rings is 2. The highest BCUT2D eigenvalue weighted by Gasteiger charge is 2.17. The van der Waals surface area contributed by atoms with Crippen LogP contribution in [-0.2, 0) is 11.2 Å². The fourth-order valence-corrected chi connectivity index (χ4v) is 3.70. The van der Waals surface area contributed by atoms with Crippen molar-refractivity contribution in [2.45, 2.75) is 45.6 Å². The van der Waals surface area contributed by atoms with Crippen LogP contribution in [0.4, 0.5) is 5.69 Å². The minimum Gasteiger partial charge on any atom is -0.371 e. The monoisotopic (exact) mass is 350 g/mol. The van der Waals surface area contributed by atoms with Crippen molar-refractivity contribution in [3.05, 3.63) is 65.7 Å². The number of nitrogens with one attached hydrogen (secondary N) is 1. The van der Waals surface area contributed by atoms with E-state index in [0.29, 0.717) is 6.42 Å². The predicted octanol–water partition coefficient (Wildman–Crippen LogP) is 4.73. The van der Waals surface area contributed by atoms with Crippen LogP contribution < -0.4 is 10.2 Å². The highest BCUT2D eigenvalue weighted by Crippen LogP contribution is 2.24. The Morgan fingerprint density at radius 2 is 1.88 bits per heavy atom. The first-order valence-electron chi connectivity index (χ1n) is 9.80. The van der Waals surface area contributed by atoms with Crippen molar-refractivity contribution in [1.82, 2.24) is 5.32 Å². The summed E-state index contributed by atoms with van der Waals surface area (Å²) in [6.07, 6.45) is 3.92. The zero-order valence-corrected chi connectivity index (χ0v) is 15.9. The molecule has 3 nitrogen and oxygen atoms in total. The highest BCUT2D eigenvalue weighted by molar-refractivity contribution is 5.76. The smallest absolute Gasteiger partial charge is 0.220 e. The van der Waals surface area contributed by atoms with Gasteiger partial charge in [-0.05, 0) is 55.4 Å². The maximum atomic E-state index is 12.2. The van der Waals surface area contributed by atoms with E-state index in [1.807, 2.05) is 18.2 Å². The Balaban J connectivity index is 1.51. The largest absolute Gasteiger partial charge is 0.371 e. The van der Waals surface area contributed by atoms with Crippen LogP contribution >= 0.6 is 0 Å². The summed E-state index contributed by atoms with van der Waals surface area (Å²) in [7, 11) is 0. The van der Waals surface area contributed by atoms with Crippen LogP contribution in [0.3, 0.4) is 0 Å². The molecule has 0 aliphatic carbocycles. The molecule has 138 valence electrons. The first kappa shape index (κ1) is 18.5. The first-order chi connectivity index (χ1) is 12.6. The summed E-state index contributed by atoms with van der Waals surface area (Å²) in [5.74, 6) is 0.876. The van der Waals surface area contributed by atoms with E-state index < -0.39 is 0 Å². The average Bonchev–Trinajstić information content (AvgIpc) is 2.67. The minimum absolute atomic E-state index is 0.0348. The number of rotatable bonds is 6. The van der Waals surface area contributed by atoms with Gasteiger partial charge in [-0.2, -0.15) is 0 Å². The average molecular weight is 351 g/mol. The van der Waals surface area contributed by atoms with E-state index in [-0.39, 0.29) is 11.9 Å². The van der Waals surface area contributed by atoms with E-state index in [4.69, 9.17) is 0 Å². The molecule has 0 spiro atoms. The lowest BCUT2D eigenvalue weighted by Crippen LogP contribution is -2.34. The zero-order chi connectivity index (χ0) is 18.4. The quantitative estimate of drug-likeness (QED) is 0.816. The number of hydrogen-bond acceptors (Lipinski definition) is 2. The van der Waals surface area contributed by atoms with Crippen molar-refractivity contribution >= 4 is 11.6 Å². The molecule has 26 heavy (non-hydrogen) atoms. The van der Waals surface area contributed by atoms with E-state index in [9.17, 15) is 4.79 Å². The Labute approximate surface area is 157 Å². The molecule has 1 N–H and O–H groups in total. The summed E-state index contributed by atoms with van der Waals surface area (Å²) in [4.78, 5) is 14.7. The molecule has 1 saturated heterocycles. The van der Waals surface area contributed by atoms with Gasteiger partial charge in [0.25, 0.3) is 0 Å². The second-order valence-electron chi connectivity index (χ2n) is 7.56. The van der Waals surface area contributed by atoms with Crippen LogP contribution in [0.2, 0.25) is 0 Å². The molecule has 0 saturated carbocycles. The molecule has 0 unspecified atom stereocenters. The van der Waals surface area contributed by atoms with Crippen molar-refractivity contribution in [3.8, 4) is 0 Å². The summed E-state index contributed by atoms with van der Waals surface area (Å²) in [6, 6.07) is 18.9. The van der Waals surface area contributed by atoms with Gasteiger partial charge >= 0.3 is 0 Å². The summed E-state index contributed by atoms with van der Waals surface area (Å²) in [6.45, 7) is 6.67. The van der Waals surface area contributed by atoms with E-state index in [2.05, 4.69) is 60.5 Å². The highest BCUT2D eigenvalue weighted by atomic mass is 16.1. The molecule has 3 rings (SSSR count). The minimum atomic E-state index is 0.0348. The summed E-state index contributed by atoms with van der Waals surface area (Å²) in [5.41, 5.74) is 3.66. The fourth-order valence-electron chi connectivity index (χ4n) is 3.70. The molecule has 2 aromatic carbocycles. The second-order valence-corrected chi connectivity index (χ2v) is 7.56. The molecule has 2 atom stereocenters. The number of anilines is 1. The summed E-state index contributed by atoms with van der Waals surface area (Å²) >= 11 is 0. The van der Waals surface area contributed by atoms with Crippen LogP contribution in [0.15, 0.2) is 54.6 Å². The van der Waals surface area contributed by atoms with Crippen LogP contribution in [0.25, 0.3) is 0 Å². The Hall–Kier alpha value is -2.29. The predicted molar refractivity (Wildman–Crippen MR) is 108 cm³/mol. The maximum absolute atomic E-state index is 12.2. The van der Waals surface area contributed by atoms with Gasteiger partial charge in [0, 0.05) is 25.2 Å². The van der Waals surface area contributed by atoms with Crippen LogP contribution in [0.1, 0.15) is 50.3 Å². The van der Waals surface area contributed by atoms with Gasteiger partial charge in [-0.15, -0.1) is 0 Å². The van der Waals surface area contributed by atoms with Gasteiger partial charge in [0.1, 0.15) is 0 Å². The van der Waals surface area contributed by atoms with E-state index in [0.717, 1.165) is 31.0 Å². The van der Waals surface area contributed by atoms with Crippen molar-refractivity contribution in [1.29, 1.82) is 0 Å². The lowest BCUT2D eigenvalue weighted by Gasteiger charge is -2.33. The third-order valence-electron chi connectivity index (χ3n) is 5.28. The Bertz CT molecular complexity index is 696. The van der Waals surface area contributed by atoms with Gasteiger partial charge in [-0.1, -0.05) is 49.4 Å². The number of piperidine rings is 1. The Morgan fingerprint density at radius 1 is 1.15 bits per heavy atom. The standard InChI is InChI=1S/C23H30N2O/c1-18-7-6-16-25(17-18)22-13-11-21(12-14-22)19(2)24-23(26)15-10-20-8-4-3-5-9-20/h3-5,8-9,11-14,18-19H,6-7,10,15-17H2,1-2H3,(H,24,26)/t18-,19-/m0/s1. The van der Waals surface area contributed by atoms with Gasteiger partial charge in [-0.25, -0.2) is 0 Å². The third-order valence-corrected chi connectivity index (χ3v) is 5.28. The van der Waals surface area contributed by atoms with Crippen LogP contribution in [-0.4, -0.2) is 19.0 Å². The van der Waals surface area contributed by atoms with E-state index in [1.54, 1.807) is 0 Å². The summed E-state index contributed by atoms with van der Waals surface area (Å²) in [5, 5.41) is 3.12. The normalized spacial score (nSPS) is 18.4. The number of nitrogens with zero attached hydrogens (tertiary/aromatic N) is 1. The number of hydrogen-bond donors (Lipinski definition) is 1. The van der Waals surface area contributed by atoms with E-state index in [1.165, 1.54) is 24.1 Å². The molecule has 0 aromatic heterocycles. The SMILES string of the molecule is C[C@H]1CCCN(c2ccc([C@H](C)NC(=O)CCc3ccccc3)cc2)C1. The molecule has 1 amide bonds. The third kappa shape index (κ3) is 5.10. The number of aryl methyl sites for hydroxylation is 1. The Kier molecular flexibility index (Phi) is 6.32. The fraction of sp³-hybridized carbons (Fsp3) is 0.435. The zero-order valence-electron chi connectivity index (χ0n) is 15.9. The van der Waals surface area contributed by atoms with Crippen LogP contribution in [0, 0.1) is 5.92 Å². The van der Waals surface area contributed by atoms with Crippen molar-refractivity contribution in [2.75, 3.05) is 18.0 Å². The topological polar surface area (TPSA) is 32.3 Å². The molecule has 1 aliphatic rings. The first-order valence-corrected chi connectivity index (χ1v) is 9.80. The van der Waals surface area contributed by atoms with E-state index >= 15 is 0 Å². The molecule has 3 heteroatoms. The number of amides is 1. The van der Waals surface area contributed by atoms with Gasteiger partial charge in [0.15, 0.2) is 0 Å². The summed E-state index contributed by atoms with van der Waals surface area (Å²) < 4.78 is 0. The van der Waals surface area contributed by atoms with Gasteiger partial charge in [-0.3, -0.25) is 4.79 Å². The Morgan fingerprint density at radius 3 is 2.58 bits per heavy atom. The molecular formula is C23H30N2O. The molecule has 0 radical (unpaired) electrons. The van der Waals surface area contributed by atoms with Gasteiger partial charge in [0.05, 0.1) is 6.04 Å². The molecule has 1 aliphatic heterocycles. The number of carbonyl (C=O) groups is 1. The number of carbonyl (C=O) groups excluding carboxylic acids is 1. The van der Waals surface area contributed by atoms with Crippen LogP contribution in [0.5, 0.6) is 0 Å². The maximum Gasteiger partial charge on any atom is 0.220 e. The molecular weight excluding hydrogens is 320 g/mol. The lowest BCUT2D eigenvalue weighted by atomic mass is 9.99. The van der Waals surface area contributed by atoms with Crippen molar-refractivity contribution in [3.63, 3.8) is 0 Å². The van der Waals surface area contributed by atoms with Gasteiger partial charge in [0.2, 0.25) is 5.91 Å². The lowest BCUT2D eigenvalue weighted by molar-refractivity contribution is -0.121. The van der Waals surface area contributed by atoms with Crippen molar-refractivity contribution in [2.24, 2.45) is 5.92 Å². The molecule has 1 fully saturated rings. The van der Waals surface area contributed by atoms with Gasteiger partial charge < -0.3 is 10.2 Å².